The molecule has 1 rings (SSSR count). The van der Waals surface area contributed by atoms with Gasteiger partial charge in [0.05, 0.1) is 10.5 Å². The Morgan fingerprint density at radius 3 is 2.40 bits per heavy atom. The van der Waals surface area contributed by atoms with Gasteiger partial charge in [0, 0.05) is 11.6 Å². The van der Waals surface area contributed by atoms with E-state index >= 15 is 0 Å². The summed E-state index contributed by atoms with van der Waals surface area (Å²) >= 11 is 0. The number of hydrogen-bond acceptors (Lipinski definition) is 3. The van der Waals surface area contributed by atoms with Crippen LogP contribution in [0.5, 0.6) is 0 Å². The normalized spacial score (nSPS) is 8.47. The van der Waals surface area contributed by atoms with Crippen molar-refractivity contribution in [2.75, 3.05) is 0 Å². The van der Waals surface area contributed by atoms with Crippen LogP contribution >= 0.6 is 0 Å². The van der Waals surface area contributed by atoms with Gasteiger partial charge < -0.3 is 5.11 Å². The number of carboxylic acids is 1. The highest BCUT2D eigenvalue weighted by molar-refractivity contribution is 5.88. The summed E-state index contributed by atoms with van der Waals surface area (Å²) in [4.78, 5) is 20.3. The summed E-state index contributed by atoms with van der Waals surface area (Å²) < 4.78 is 0. The average Bonchev–Trinajstić information content (AvgIpc) is 2.20. The first-order chi connectivity index (χ1) is 7.02. The largest absolute Gasteiger partial charge is 0.478 e. The fourth-order valence-electron chi connectivity index (χ4n) is 0.939. The molecule has 5 nitrogen and oxygen atoms in total. The number of nitro groups is 1. The second-order valence-electron chi connectivity index (χ2n) is 2.56. The Balaban J connectivity index is 0.000000921. The van der Waals surface area contributed by atoms with E-state index in [4.69, 9.17) is 5.11 Å². The highest BCUT2D eigenvalue weighted by atomic mass is 16.6. The maximum Gasteiger partial charge on any atom is 0.335 e. The van der Waals surface area contributed by atoms with Gasteiger partial charge >= 0.3 is 5.97 Å². The van der Waals surface area contributed by atoms with Gasteiger partial charge in [0.2, 0.25) is 0 Å². The van der Waals surface area contributed by atoms with Gasteiger partial charge in [-0.25, -0.2) is 4.79 Å². The van der Waals surface area contributed by atoms with Crippen LogP contribution in [0.25, 0.3) is 0 Å². The van der Waals surface area contributed by atoms with Crippen molar-refractivity contribution in [2.24, 2.45) is 0 Å². The van der Waals surface area contributed by atoms with Gasteiger partial charge in [-0.05, 0) is 13.0 Å². The second-order valence-corrected chi connectivity index (χ2v) is 2.56. The van der Waals surface area contributed by atoms with Crippen molar-refractivity contribution in [1.29, 1.82) is 0 Å². The molecule has 0 atom stereocenters. The molecular weight excluding hydrogens is 198 g/mol. The maximum atomic E-state index is 10.5. The molecule has 0 aliphatic heterocycles. The predicted molar refractivity (Wildman–Crippen MR) is 54.7 cm³/mol. The smallest absolute Gasteiger partial charge is 0.335 e. The molecule has 1 aromatic carbocycles. The Labute approximate surface area is 86.5 Å². The quantitative estimate of drug-likeness (QED) is 0.456. The maximum absolute atomic E-state index is 10.5. The number of terminal acetylenes is 1. The second kappa shape index (κ2) is 5.40. The molecular formula is C10H9NO4. The minimum absolute atomic E-state index is 0.0719. The lowest BCUT2D eigenvalue weighted by molar-refractivity contribution is -0.385. The molecule has 0 heterocycles. The van der Waals surface area contributed by atoms with Crippen molar-refractivity contribution in [3.05, 3.63) is 39.4 Å². The molecule has 0 aliphatic rings. The number of aromatic carboxylic acids is 1. The molecule has 0 bridgehead atoms. The molecule has 0 radical (unpaired) electrons. The van der Waals surface area contributed by atoms with E-state index in [1.807, 2.05) is 0 Å². The molecule has 0 aromatic heterocycles. The molecule has 0 aliphatic carbocycles. The molecule has 0 amide bonds. The Morgan fingerprint density at radius 2 is 2.00 bits per heavy atom. The van der Waals surface area contributed by atoms with Crippen LogP contribution in [-0.4, -0.2) is 16.0 Å². The highest BCUT2D eigenvalue weighted by Gasteiger charge is 2.13. The lowest BCUT2D eigenvalue weighted by Gasteiger charge is -1.97. The third-order valence-corrected chi connectivity index (χ3v) is 1.65. The van der Waals surface area contributed by atoms with Crippen LogP contribution in [0, 0.1) is 29.9 Å². The van der Waals surface area contributed by atoms with Crippen molar-refractivity contribution in [3.8, 4) is 12.8 Å². The van der Waals surface area contributed by atoms with E-state index in [1.54, 1.807) is 6.92 Å². The number of aryl methyl sites for hydroxylation is 1. The number of benzene rings is 1. The minimum Gasteiger partial charge on any atom is -0.478 e. The monoisotopic (exact) mass is 207 g/mol. The lowest BCUT2D eigenvalue weighted by atomic mass is 10.1. The molecule has 1 aromatic rings. The zero-order valence-electron chi connectivity index (χ0n) is 8.01. The van der Waals surface area contributed by atoms with E-state index in [0.717, 1.165) is 6.07 Å². The van der Waals surface area contributed by atoms with E-state index in [0.29, 0.717) is 5.56 Å². The summed E-state index contributed by atoms with van der Waals surface area (Å²) in [5.74, 6) is -1.16. The molecule has 0 fully saturated rings. The first-order valence-corrected chi connectivity index (χ1v) is 3.84. The number of nitro benzene ring substituents is 1. The van der Waals surface area contributed by atoms with Crippen LogP contribution in [-0.2, 0) is 0 Å². The van der Waals surface area contributed by atoms with Gasteiger partial charge in [0.15, 0.2) is 0 Å². The molecule has 0 unspecified atom stereocenters. The fourth-order valence-corrected chi connectivity index (χ4v) is 0.939. The third kappa shape index (κ3) is 3.12. The predicted octanol–water partition coefficient (Wildman–Crippen LogP) is 1.85. The van der Waals surface area contributed by atoms with Crippen molar-refractivity contribution in [1.82, 2.24) is 0 Å². The Bertz CT molecular complexity index is 409. The van der Waals surface area contributed by atoms with E-state index in [9.17, 15) is 14.9 Å². The van der Waals surface area contributed by atoms with Gasteiger partial charge in [-0.15, -0.1) is 12.8 Å². The molecule has 5 heteroatoms. The Morgan fingerprint density at radius 1 is 1.47 bits per heavy atom. The number of nitrogens with zero attached hydrogens (tertiary/aromatic N) is 1. The molecule has 78 valence electrons. The van der Waals surface area contributed by atoms with Crippen LogP contribution in [0.2, 0.25) is 0 Å². The van der Waals surface area contributed by atoms with Gasteiger partial charge in [0.1, 0.15) is 0 Å². The number of carboxylic acid groups (broad SMARTS) is 1. The Hall–Kier alpha value is -2.35. The summed E-state index contributed by atoms with van der Waals surface area (Å²) in [7, 11) is 0. The molecule has 1 N–H and O–H groups in total. The summed E-state index contributed by atoms with van der Waals surface area (Å²) in [5, 5.41) is 19.0. The van der Waals surface area contributed by atoms with Gasteiger partial charge in [0.25, 0.3) is 5.69 Å². The van der Waals surface area contributed by atoms with Gasteiger partial charge in [-0.3, -0.25) is 10.1 Å². The highest BCUT2D eigenvalue weighted by Crippen LogP contribution is 2.18. The van der Waals surface area contributed by atoms with E-state index < -0.39 is 10.9 Å². The third-order valence-electron chi connectivity index (χ3n) is 1.65. The zero-order valence-corrected chi connectivity index (χ0v) is 8.01. The van der Waals surface area contributed by atoms with Crippen LogP contribution < -0.4 is 0 Å². The topological polar surface area (TPSA) is 80.4 Å². The lowest BCUT2D eigenvalue weighted by Crippen LogP contribution is -1.99. The zero-order chi connectivity index (χ0) is 12.0. The van der Waals surface area contributed by atoms with Crippen LogP contribution in [0.15, 0.2) is 18.2 Å². The molecule has 0 saturated heterocycles. The molecule has 15 heavy (non-hydrogen) atoms. The van der Waals surface area contributed by atoms with Crippen LogP contribution in [0.4, 0.5) is 5.69 Å². The first kappa shape index (κ1) is 12.7. The van der Waals surface area contributed by atoms with Crippen molar-refractivity contribution in [3.63, 3.8) is 0 Å². The Kier molecular flexibility index (Phi) is 4.55. The van der Waals surface area contributed by atoms with Crippen molar-refractivity contribution in [2.45, 2.75) is 6.92 Å². The minimum atomic E-state index is -1.16. The van der Waals surface area contributed by atoms with Gasteiger partial charge in [-0.1, -0.05) is 6.07 Å². The standard InChI is InChI=1S/C8H7NO4.C2H2/c1-5-2-3-6(8(10)11)4-7(5)9(12)13;1-2/h2-4H,1H3,(H,10,11);1-2H. The number of carbonyl (C=O) groups is 1. The number of hydrogen-bond donors (Lipinski definition) is 1. The summed E-state index contributed by atoms with van der Waals surface area (Å²) in [6, 6.07) is 3.81. The van der Waals surface area contributed by atoms with Crippen LogP contribution in [0.3, 0.4) is 0 Å². The van der Waals surface area contributed by atoms with Gasteiger partial charge in [-0.2, -0.15) is 0 Å². The molecule has 0 spiro atoms. The average molecular weight is 207 g/mol. The first-order valence-electron chi connectivity index (χ1n) is 3.84. The summed E-state index contributed by atoms with van der Waals surface area (Å²) in [6.07, 6.45) is 8.00. The van der Waals surface area contributed by atoms with Crippen molar-refractivity contribution < 1.29 is 14.8 Å². The van der Waals surface area contributed by atoms with E-state index in [1.165, 1.54) is 12.1 Å². The summed E-state index contributed by atoms with van der Waals surface area (Å²) in [5.41, 5.74) is 0.215. The molecule has 0 saturated carbocycles. The number of rotatable bonds is 2. The summed E-state index contributed by atoms with van der Waals surface area (Å²) in [6.45, 7) is 1.56. The fraction of sp³-hybridized carbons (Fsp3) is 0.100. The van der Waals surface area contributed by atoms with Crippen LogP contribution in [0.1, 0.15) is 15.9 Å². The van der Waals surface area contributed by atoms with E-state index in [2.05, 4.69) is 12.8 Å². The van der Waals surface area contributed by atoms with Crippen molar-refractivity contribution >= 4 is 11.7 Å². The SMILES string of the molecule is C#C.Cc1ccc(C(=O)O)cc1[N+](=O)[O-]. The van der Waals surface area contributed by atoms with E-state index in [-0.39, 0.29) is 11.3 Å².